The molecule has 0 aliphatic carbocycles. The molecule has 8 nitrogen and oxygen atoms in total. The normalized spacial score (nSPS) is 17.2. The number of nitrogens with zero attached hydrogens (tertiary/aromatic N) is 6. The van der Waals surface area contributed by atoms with Crippen LogP contribution >= 0.6 is 23.4 Å². The van der Waals surface area contributed by atoms with Gasteiger partial charge in [-0.05, 0) is 47.5 Å². The van der Waals surface area contributed by atoms with E-state index in [2.05, 4.69) is 25.7 Å². The lowest BCUT2D eigenvalue weighted by molar-refractivity contribution is 0.0912. The standard InChI is InChI=1S/C15H15ClN6O2S/c16-11-5-3-10(4-6-11)14-17-13(19-24-14)9-25-15-18-20-21-22(15)8-12-2-1-7-23-12/h3-6,12H,1-2,7-9H2. The van der Waals surface area contributed by atoms with Crippen molar-refractivity contribution >= 4 is 23.4 Å². The zero-order valence-corrected chi connectivity index (χ0v) is 14.8. The van der Waals surface area contributed by atoms with Gasteiger partial charge in [0.05, 0.1) is 18.4 Å². The topological polar surface area (TPSA) is 91.8 Å². The summed E-state index contributed by atoms with van der Waals surface area (Å²) in [5, 5.41) is 17.2. The molecule has 1 fully saturated rings. The van der Waals surface area contributed by atoms with Crippen molar-refractivity contribution in [3.63, 3.8) is 0 Å². The van der Waals surface area contributed by atoms with Gasteiger partial charge in [0.15, 0.2) is 5.82 Å². The van der Waals surface area contributed by atoms with Crippen LogP contribution in [-0.4, -0.2) is 43.1 Å². The highest BCUT2D eigenvalue weighted by Crippen LogP contribution is 2.23. The molecule has 1 unspecified atom stereocenters. The van der Waals surface area contributed by atoms with E-state index in [1.54, 1.807) is 16.8 Å². The first kappa shape index (κ1) is 16.5. The Morgan fingerprint density at radius 3 is 2.96 bits per heavy atom. The average Bonchev–Trinajstić information content (AvgIpc) is 3.36. The molecule has 0 radical (unpaired) electrons. The van der Waals surface area contributed by atoms with Crippen LogP contribution in [0.3, 0.4) is 0 Å². The summed E-state index contributed by atoms with van der Waals surface area (Å²) in [6.45, 7) is 1.48. The predicted molar refractivity (Wildman–Crippen MR) is 91.1 cm³/mol. The first-order valence-corrected chi connectivity index (χ1v) is 9.23. The second-order valence-corrected chi connectivity index (χ2v) is 6.97. The molecule has 3 aromatic rings. The van der Waals surface area contributed by atoms with Crippen molar-refractivity contribution in [2.45, 2.75) is 36.4 Å². The Bertz CT molecular complexity index is 831. The summed E-state index contributed by atoms with van der Waals surface area (Å²) in [7, 11) is 0. The molecule has 0 N–H and O–H groups in total. The zero-order valence-electron chi connectivity index (χ0n) is 13.2. The lowest BCUT2D eigenvalue weighted by Gasteiger charge is -2.09. The van der Waals surface area contributed by atoms with Crippen LogP contribution in [0.25, 0.3) is 11.5 Å². The maximum atomic E-state index is 5.89. The number of ether oxygens (including phenoxy) is 1. The van der Waals surface area contributed by atoms with E-state index in [0.29, 0.717) is 34.2 Å². The molecule has 130 valence electrons. The molecular weight excluding hydrogens is 364 g/mol. The number of benzene rings is 1. The molecule has 3 heterocycles. The van der Waals surface area contributed by atoms with Crippen LogP contribution in [0.4, 0.5) is 0 Å². The summed E-state index contributed by atoms with van der Waals surface area (Å²) in [5.74, 6) is 1.57. The average molecular weight is 379 g/mol. The van der Waals surface area contributed by atoms with Gasteiger partial charge in [-0.3, -0.25) is 0 Å². The van der Waals surface area contributed by atoms with E-state index in [1.807, 2.05) is 12.1 Å². The fourth-order valence-corrected chi connectivity index (χ4v) is 3.40. The van der Waals surface area contributed by atoms with Gasteiger partial charge in [0.2, 0.25) is 5.16 Å². The van der Waals surface area contributed by atoms with Crippen LogP contribution < -0.4 is 0 Å². The SMILES string of the molecule is Clc1ccc(-c2nc(CSc3nnnn3CC3CCCO3)no2)cc1. The Morgan fingerprint density at radius 2 is 2.16 bits per heavy atom. The van der Waals surface area contributed by atoms with E-state index in [1.165, 1.54) is 11.8 Å². The van der Waals surface area contributed by atoms with E-state index in [0.717, 1.165) is 25.0 Å². The summed E-state index contributed by atoms with van der Waals surface area (Å²) in [6.07, 6.45) is 2.31. The van der Waals surface area contributed by atoms with Gasteiger partial charge < -0.3 is 9.26 Å². The number of tetrazole rings is 1. The third-order valence-corrected chi connectivity index (χ3v) is 4.99. The van der Waals surface area contributed by atoms with Gasteiger partial charge in [-0.2, -0.15) is 4.98 Å². The van der Waals surface area contributed by atoms with Crippen molar-refractivity contribution in [1.29, 1.82) is 0 Å². The van der Waals surface area contributed by atoms with Crippen molar-refractivity contribution in [1.82, 2.24) is 30.3 Å². The third-order valence-electron chi connectivity index (χ3n) is 3.79. The zero-order chi connectivity index (χ0) is 17.1. The number of rotatable bonds is 6. The first-order valence-electron chi connectivity index (χ1n) is 7.87. The molecule has 1 aromatic carbocycles. The monoisotopic (exact) mass is 378 g/mol. The van der Waals surface area contributed by atoms with Crippen LogP contribution in [0.2, 0.25) is 5.02 Å². The van der Waals surface area contributed by atoms with Crippen molar-refractivity contribution in [2.24, 2.45) is 0 Å². The summed E-state index contributed by atoms with van der Waals surface area (Å²) in [4.78, 5) is 4.40. The first-order chi connectivity index (χ1) is 12.3. The summed E-state index contributed by atoms with van der Waals surface area (Å²) in [6, 6.07) is 7.26. The summed E-state index contributed by atoms with van der Waals surface area (Å²) < 4.78 is 12.7. The summed E-state index contributed by atoms with van der Waals surface area (Å²) in [5.41, 5.74) is 0.830. The Kier molecular flexibility index (Phi) is 4.95. The number of hydrogen-bond donors (Lipinski definition) is 0. The molecule has 10 heteroatoms. The van der Waals surface area contributed by atoms with Crippen molar-refractivity contribution in [2.75, 3.05) is 6.61 Å². The Labute approximate surface area is 152 Å². The molecule has 1 atom stereocenters. The molecule has 0 spiro atoms. The summed E-state index contributed by atoms with van der Waals surface area (Å²) >= 11 is 7.35. The van der Waals surface area contributed by atoms with Crippen molar-refractivity contribution in [3.8, 4) is 11.5 Å². The van der Waals surface area contributed by atoms with Gasteiger partial charge in [-0.15, -0.1) is 5.10 Å². The van der Waals surface area contributed by atoms with Gasteiger partial charge in [-0.1, -0.05) is 28.5 Å². The molecule has 0 saturated carbocycles. The molecule has 0 bridgehead atoms. The molecule has 1 aliphatic heterocycles. The lowest BCUT2D eigenvalue weighted by Crippen LogP contribution is -2.16. The maximum Gasteiger partial charge on any atom is 0.257 e. The smallest absolute Gasteiger partial charge is 0.257 e. The molecule has 0 amide bonds. The highest BCUT2D eigenvalue weighted by molar-refractivity contribution is 7.98. The fraction of sp³-hybridized carbons (Fsp3) is 0.400. The Morgan fingerprint density at radius 1 is 1.28 bits per heavy atom. The molecule has 4 rings (SSSR count). The highest BCUT2D eigenvalue weighted by atomic mass is 35.5. The minimum absolute atomic E-state index is 0.185. The van der Waals surface area contributed by atoms with Gasteiger partial charge in [-0.25, -0.2) is 4.68 Å². The number of hydrogen-bond acceptors (Lipinski definition) is 8. The van der Waals surface area contributed by atoms with E-state index in [4.69, 9.17) is 20.9 Å². The minimum Gasteiger partial charge on any atom is -0.376 e. The van der Waals surface area contributed by atoms with Crippen LogP contribution in [0.15, 0.2) is 33.9 Å². The predicted octanol–water partition coefficient (Wildman–Crippen LogP) is 2.85. The van der Waals surface area contributed by atoms with Crippen LogP contribution in [-0.2, 0) is 17.0 Å². The molecular formula is C15H15ClN6O2S. The van der Waals surface area contributed by atoms with E-state index in [9.17, 15) is 0 Å². The van der Waals surface area contributed by atoms with E-state index < -0.39 is 0 Å². The van der Waals surface area contributed by atoms with Crippen LogP contribution in [0, 0.1) is 0 Å². The Balaban J connectivity index is 1.39. The number of thioether (sulfide) groups is 1. The molecule has 1 saturated heterocycles. The Hall–Kier alpha value is -1.97. The van der Waals surface area contributed by atoms with Crippen LogP contribution in [0.5, 0.6) is 0 Å². The quantitative estimate of drug-likeness (QED) is 0.604. The fourth-order valence-electron chi connectivity index (χ4n) is 2.55. The highest BCUT2D eigenvalue weighted by Gasteiger charge is 2.19. The van der Waals surface area contributed by atoms with Crippen molar-refractivity contribution in [3.05, 3.63) is 35.1 Å². The number of aromatic nitrogens is 6. The van der Waals surface area contributed by atoms with E-state index >= 15 is 0 Å². The number of halogens is 1. The van der Waals surface area contributed by atoms with Gasteiger partial charge in [0.1, 0.15) is 0 Å². The lowest BCUT2D eigenvalue weighted by atomic mass is 10.2. The van der Waals surface area contributed by atoms with E-state index in [-0.39, 0.29) is 6.10 Å². The minimum atomic E-state index is 0.185. The molecule has 1 aliphatic rings. The molecule has 25 heavy (non-hydrogen) atoms. The van der Waals surface area contributed by atoms with Gasteiger partial charge in [0, 0.05) is 17.2 Å². The molecule has 2 aromatic heterocycles. The van der Waals surface area contributed by atoms with Gasteiger partial charge in [0.25, 0.3) is 5.89 Å². The van der Waals surface area contributed by atoms with Crippen molar-refractivity contribution < 1.29 is 9.26 Å². The van der Waals surface area contributed by atoms with Gasteiger partial charge >= 0.3 is 0 Å². The largest absolute Gasteiger partial charge is 0.376 e. The maximum absolute atomic E-state index is 5.89. The van der Waals surface area contributed by atoms with Crippen LogP contribution in [0.1, 0.15) is 18.7 Å². The second-order valence-electron chi connectivity index (χ2n) is 5.59. The second kappa shape index (κ2) is 7.51. The third kappa shape index (κ3) is 4.00.